The predicted molar refractivity (Wildman–Crippen MR) is 99.4 cm³/mol. The molecule has 0 aliphatic heterocycles. The minimum atomic E-state index is -0.753. The Morgan fingerprint density at radius 1 is 1.04 bits per heavy atom. The second kappa shape index (κ2) is 10.6. The number of esters is 1. The third kappa shape index (κ3) is 6.35. The lowest BCUT2D eigenvalue weighted by atomic mass is 10.2. The second-order valence-electron chi connectivity index (χ2n) is 5.40. The molecule has 0 radical (unpaired) electrons. The van der Waals surface area contributed by atoms with Crippen LogP contribution in [0.3, 0.4) is 0 Å². The Labute approximate surface area is 161 Å². The fourth-order valence-corrected chi connectivity index (χ4v) is 2.17. The largest absolute Gasteiger partial charge is 0.490 e. The molecule has 0 spiro atoms. The Bertz CT molecular complexity index is 803. The van der Waals surface area contributed by atoms with Gasteiger partial charge in [-0.3, -0.25) is 14.4 Å². The maximum Gasteiger partial charge on any atom is 0.325 e. The zero-order chi connectivity index (χ0) is 20.4. The van der Waals surface area contributed by atoms with Crippen molar-refractivity contribution in [1.29, 1.82) is 0 Å². The van der Waals surface area contributed by atoms with Crippen molar-refractivity contribution < 1.29 is 33.0 Å². The molecule has 0 aliphatic rings. The van der Waals surface area contributed by atoms with Gasteiger partial charge in [-0.2, -0.15) is 0 Å². The number of benzene rings is 1. The summed E-state index contributed by atoms with van der Waals surface area (Å²) in [6, 6.07) is 7.96. The van der Waals surface area contributed by atoms with E-state index in [9.17, 15) is 14.4 Å². The van der Waals surface area contributed by atoms with Crippen LogP contribution in [0.5, 0.6) is 11.5 Å². The van der Waals surface area contributed by atoms with Crippen LogP contribution in [0.15, 0.2) is 41.0 Å². The zero-order valence-electron chi connectivity index (χ0n) is 15.7. The summed E-state index contributed by atoms with van der Waals surface area (Å²) >= 11 is 0. The van der Waals surface area contributed by atoms with Crippen molar-refractivity contribution in [2.45, 2.75) is 13.8 Å². The summed E-state index contributed by atoms with van der Waals surface area (Å²) < 4.78 is 20.7. The maximum atomic E-state index is 12.0. The van der Waals surface area contributed by atoms with Crippen LogP contribution >= 0.6 is 0 Å². The van der Waals surface area contributed by atoms with Crippen LogP contribution in [-0.4, -0.2) is 44.1 Å². The smallest absolute Gasteiger partial charge is 0.325 e. The molecular weight excluding hydrogens is 368 g/mol. The molecule has 9 nitrogen and oxygen atoms in total. The van der Waals surface area contributed by atoms with Crippen molar-refractivity contribution in [3.05, 3.63) is 42.4 Å². The number of carbonyl (C=O) groups excluding carboxylic acids is 3. The number of furan rings is 1. The molecule has 2 aromatic rings. The highest BCUT2D eigenvalue weighted by Gasteiger charge is 2.13. The first kappa shape index (κ1) is 20.8. The molecule has 0 bridgehead atoms. The zero-order valence-corrected chi connectivity index (χ0v) is 15.7. The standard InChI is InChI=1S/C19H22N2O7/c1-3-25-14-8-7-13(10-16(14)26-4-2)21-17(22)12-28-18(23)11-20-19(24)15-6-5-9-27-15/h5-10H,3-4,11-12H2,1-2H3,(H,20,24)(H,21,22). The molecule has 0 saturated carbocycles. The maximum absolute atomic E-state index is 12.0. The van der Waals surface area contributed by atoms with Gasteiger partial charge in [0.2, 0.25) is 0 Å². The molecule has 150 valence electrons. The lowest BCUT2D eigenvalue weighted by molar-refractivity contribution is -0.146. The van der Waals surface area contributed by atoms with Gasteiger partial charge in [-0.15, -0.1) is 0 Å². The van der Waals surface area contributed by atoms with Gasteiger partial charge in [-0.1, -0.05) is 0 Å². The monoisotopic (exact) mass is 390 g/mol. The van der Waals surface area contributed by atoms with Crippen LogP contribution < -0.4 is 20.1 Å². The van der Waals surface area contributed by atoms with E-state index in [1.54, 1.807) is 24.3 Å². The van der Waals surface area contributed by atoms with Crippen molar-refractivity contribution in [1.82, 2.24) is 5.32 Å². The lowest BCUT2D eigenvalue weighted by Crippen LogP contribution is -2.32. The number of amides is 2. The Morgan fingerprint density at radius 2 is 1.79 bits per heavy atom. The highest BCUT2D eigenvalue weighted by molar-refractivity contribution is 5.95. The molecule has 2 rings (SSSR count). The van der Waals surface area contributed by atoms with Gasteiger partial charge >= 0.3 is 5.97 Å². The van der Waals surface area contributed by atoms with E-state index < -0.39 is 24.4 Å². The first-order valence-electron chi connectivity index (χ1n) is 8.70. The number of nitrogens with one attached hydrogen (secondary N) is 2. The summed E-state index contributed by atoms with van der Waals surface area (Å²) in [5, 5.41) is 4.93. The van der Waals surface area contributed by atoms with Gasteiger partial charge in [-0.25, -0.2) is 0 Å². The molecule has 9 heteroatoms. The van der Waals surface area contributed by atoms with E-state index in [1.165, 1.54) is 12.3 Å². The SMILES string of the molecule is CCOc1ccc(NC(=O)COC(=O)CNC(=O)c2ccco2)cc1OCC. The van der Waals surface area contributed by atoms with E-state index in [0.29, 0.717) is 30.4 Å². The predicted octanol–water partition coefficient (Wildman–Crippen LogP) is 1.99. The Morgan fingerprint density at radius 3 is 2.46 bits per heavy atom. The van der Waals surface area contributed by atoms with E-state index in [0.717, 1.165) is 0 Å². The normalized spacial score (nSPS) is 10.1. The highest BCUT2D eigenvalue weighted by atomic mass is 16.5. The van der Waals surface area contributed by atoms with Gasteiger partial charge in [-0.05, 0) is 38.1 Å². The Balaban J connectivity index is 1.79. The van der Waals surface area contributed by atoms with E-state index in [-0.39, 0.29) is 12.3 Å². The van der Waals surface area contributed by atoms with Crippen molar-refractivity contribution in [3.8, 4) is 11.5 Å². The summed E-state index contributed by atoms with van der Waals surface area (Å²) in [6.45, 7) is 3.75. The molecule has 0 unspecified atom stereocenters. The second-order valence-corrected chi connectivity index (χ2v) is 5.40. The Kier molecular flexibility index (Phi) is 7.89. The van der Waals surface area contributed by atoms with Crippen LogP contribution in [0.4, 0.5) is 5.69 Å². The third-order valence-corrected chi connectivity index (χ3v) is 3.33. The summed E-state index contributed by atoms with van der Waals surface area (Å²) in [5.74, 6) is -0.690. The quantitative estimate of drug-likeness (QED) is 0.596. The molecule has 1 heterocycles. The molecule has 2 amide bonds. The van der Waals surface area contributed by atoms with E-state index in [4.69, 9.17) is 18.6 Å². The van der Waals surface area contributed by atoms with Gasteiger partial charge in [0.05, 0.1) is 19.5 Å². The number of ether oxygens (including phenoxy) is 3. The van der Waals surface area contributed by atoms with Gasteiger partial charge in [0.1, 0.15) is 6.54 Å². The van der Waals surface area contributed by atoms with Gasteiger partial charge in [0.15, 0.2) is 23.9 Å². The van der Waals surface area contributed by atoms with E-state index >= 15 is 0 Å². The van der Waals surface area contributed by atoms with Gasteiger partial charge in [0, 0.05) is 11.8 Å². The van der Waals surface area contributed by atoms with Crippen LogP contribution in [0.1, 0.15) is 24.4 Å². The first-order chi connectivity index (χ1) is 13.5. The molecule has 28 heavy (non-hydrogen) atoms. The number of hydrogen-bond acceptors (Lipinski definition) is 7. The molecular formula is C19H22N2O7. The van der Waals surface area contributed by atoms with E-state index in [1.807, 2.05) is 13.8 Å². The number of hydrogen-bond donors (Lipinski definition) is 2. The average Bonchev–Trinajstić information content (AvgIpc) is 3.22. The van der Waals surface area contributed by atoms with Crippen molar-refractivity contribution >= 4 is 23.5 Å². The fourth-order valence-electron chi connectivity index (χ4n) is 2.17. The van der Waals surface area contributed by atoms with Crippen LogP contribution in [0.2, 0.25) is 0 Å². The number of carbonyl (C=O) groups is 3. The summed E-state index contributed by atoms with van der Waals surface area (Å²) in [7, 11) is 0. The van der Waals surface area contributed by atoms with Gasteiger partial charge in [0.25, 0.3) is 11.8 Å². The number of anilines is 1. The molecule has 1 aromatic heterocycles. The van der Waals surface area contributed by atoms with Crippen molar-refractivity contribution in [2.24, 2.45) is 0 Å². The summed E-state index contributed by atoms with van der Waals surface area (Å²) in [5.41, 5.74) is 0.471. The minimum absolute atomic E-state index is 0.0751. The molecule has 1 aromatic carbocycles. The molecule has 0 atom stereocenters. The van der Waals surface area contributed by atoms with Crippen LogP contribution in [0.25, 0.3) is 0 Å². The van der Waals surface area contributed by atoms with E-state index in [2.05, 4.69) is 10.6 Å². The molecule has 0 fully saturated rings. The Hall–Kier alpha value is -3.49. The molecule has 0 saturated heterocycles. The highest BCUT2D eigenvalue weighted by Crippen LogP contribution is 2.30. The lowest BCUT2D eigenvalue weighted by Gasteiger charge is -2.13. The fraction of sp³-hybridized carbons (Fsp3) is 0.316. The third-order valence-electron chi connectivity index (χ3n) is 3.33. The van der Waals surface area contributed by atoms with Crippen LogP contribution in [0, 0.1) is 0 Å². The van der Waals surface area contributed by atoms with Gasteiger partial charge < -0.3 is 29.3 Å². The topological polar surface area (TPSA) is 116 Å². The average molecular weight is 390 g/mol. The van der Waals surface area contributed by atoms with Crippen molar-refractivity contribution in [2.75, 3.05) is 31.7 Å². The molecule has 0 aliphatic carbocycles. The molecule has 2 N–H and O–H groups in total. The van der Waals surface area contributed by atoms with Crippen LogP contribution in [-0.2, 0) is 14.3 Å². The van der Waals surface area contributed by atoms with Crippen molar-refractivity contribution in [3.63, 3.8) is 0 Å². The first-order valence-corrected chi connectivity index (χ1v) is 8.70. The number of rotatable bonds is 10. The summed E-state index contributed by atoms with van der Waals surface area (Å²) in [4.78, 5) is 35.2. The summed E-state index contributed by atoms with van der Waals surface area (Å²) in [6.07, 6.45) is 1.34. The minimum Gasteiger partial charge on any atom is -0.490 e.